The van der Waals surface area contributed by atoms with Gasteiger partial charge in [-0.2, -0.15) is 0 Å². The van der Waals surface area contributed by atoms with E-state index in [1.165, 1.54) is 0 Å². The van der Waals surface area contributed by atoms with E-state index in [2.05, 4.69) is 49.2 Å². The second-order valence-electron chi connectivity index (χ2n) is 5.43. The van der Waals surface area contributed by atoms with Crippen LogP contribution in [-0.2, 0) is 0 Å². The summed E-state index contributed by atoms with van der Waals surface area (Å²) in [5, 5.41) is 7.95. The van der Waals surface area contributed by atoms with E-state index in [4.69, 9.17) is 17.0 Å². The van der Waals surface area contributed by atoms with Crippen molar-refractivity contribution in [2.75, 3.05) is 12.4 Å². The number of anilines is 1. The van der Waals surface area contributed by atoms with E-state index in [1.54, 1.807) is 13.2 Å². The number of carbonyl (C=O) groups is 1. The van der Waals surface area contributed by atoms with Crippen molar-refractivity contribution in [3.63, 3.8) is 0 Å². The minimum Gasteiger partial charge on any atom is -0.496 e. The number of ether oxygens (including phenoxy) is 1. The third kappa shape index (κ3) is 4.33. The van der Waals surface area contributed by atoms with Crippen molar-refractivity contribution in [2.24, 2.45) is 0 Å². The molecule has 0 aliphatic rings. The second kappa shape index (κ2) is 8.32. The van der Waals surface area contributed by atoms with Gasteiger partial charge in [-0.05, 0) is 75.9 Å². The van der Waals surface area contributed by atoms with Gasteiger partial charge < -0.3 is 10.1 Å². The fourth-order valence-corrected chi connectivity index (χ4v) is 4.12. The Hall–Kier alpha value is -1.71. The monoisotopic (exact) mass is 540 g/mol. The Morgan fingerprint density at radius 1 is 1.12 bits per heavy atom. The highest BCUT2D eigenvalue weighted by molar-refractivity contribution is 14.1. The Morgan fingerprint density at radius 3 is 2.46 bits per heavy atom. The molecule has 4 nitrogen and oxygen atoms in total. The first-order valence-corrected chi connectivity index (χ1v) is 9.90. The lowest BCUT2D eigenvalue weighted by molar-refractivity contribution is 0.0975. The summed E-state index contributed by atoms with van der Waals surface area (Å²) in [5.74, 6) is 0.180. The molecule has 0 aromatic heterocycles. The summed E-state index contributed by atoms with van der Waals surface area (Å²) < 4.78 is 7.33. The molecule has 3 rings (SSSR count). The first-order valence-electron chi connectivity index (χ1n) is 7.62. The van der Waals surface area contributed by atoms with E-state index >= 15 is 0 Å². The SMILES string of the molecule is COc1cc2ccccc2cc1C(=O)NC(=S)Nc1ccc(Br)cc1I. The molecular formula is C19H14BrIN2O2S. The van der Waals surface area contributed by atoms with Gasteiger partial charge in [-0.3, -0.25) is 10.1 Å². The Labute approximate surface area is 178 Å². The third-order valence-electron chi connectivity index (χ3n) is 3.72. The highest BCUT2D eigenvalue weighted by Crippen LogP contribution is 2.26. The van der Waals surface area contributed by atoms with Crippen LogP contribution in [0.5, 0.6) is 5.75 Å². The highest BCUT2D eigenvalue weighted by atomic mass is 127. The number of hydrogen-bond acceptors (Lipinski definition) is 3. The summed E-state index contributed by atoms with van der Waals surface area (Å²) in [6.45, 7) is 0. The Bertz CT molecular complexity index is 1010. The molecule has 0 bridgehead atoms. The smallest absolute Gasteiger partial charge is 0.261 e. The van der Waals surface area contributed by atoms with Crippen molar-refractivity contribution in [1.82, 2.24) is 5.32 Å². The van der Waals surface area contributed by atoms with Gasteiger partial charge in [0, 0.05) is 8.04 Å². The predicted molar refractivity (Wildman–Crippen MR) is 121 cm³/mol. The molecule has 26 heavy (non-hydrogen) atoms. The fourth-order valence-electron chi connectivity index (χ4n) is 2.48. The standard InChI is InChI=1S/C19H14BrIN2O2S/c1-25-17-9-12-5-3-2-4-11(12)8-14(17)18(24)23-19(26)22-16-7-6-13(20)10-15(16)21/h2-10H,1H3,(H2,22,23,24,26). The van der Waals surface area contributed by atoms with Crippen LogP contribution in [0.3, 0.4) is 0 Å². The van der Waals surface area contributed by atoms with Gasteiger partial charge in [0.15, 0.2) is 5.11 Å². The van der Waals surface area contributed by atoms with Crippen LogP contribution >= 0.6 is 50.7 Å². The predicted octanol–water partition coefficient (Wildman–Crippen LogP) is 5.34. The Balaban J connectivity index is 1.80. The summed E-state index contributed by atoms with van der Waals surface area (Å²) in [6.07, 6.45) is 0. The number of hydrogen-bond donors (Lipinski definition) is 2. The average molecular weight is 541 g/mol. The van der Waals surface area contributed by atoms with E-state index in [0.717, 1.165) is 24.5 Å². The Kier molecular flexibility index (Phi) is 6.10. The fraction of sp³-hybridized carbons (Fsp3) is 0.0526. The van der Waals surface area contributed by atoms with Gasteiger partial charge in [-0.1, -0.05) is 40.2 Å². The first kappa shape index (κ1) is 19.1. The van der Waals surface area contributed by atoms with Crippen LogP contribution in [0.1, 0.15) is 10.4 Å². The van der Waals surface area contributed by atoms with Crippen molar-refractivity contribution in [3.8, 4) is 5.75 Å². The minimum atomic E-state index is -0.322. The van der Waals surface area contributed by atoms with Crippen molar-refractivity contribution in [3.05, 3.63) is 68.2 Å². The number of benzene rings is 3. The zero-order valence-corrected chi connectivity index (χ0v) is 18.2. The van der Waals surface area contributed by atoms with E-state index in [9.17, 15) is 4.79 Å². The molecule has 0 saturated heterocycles. The maximum absolute atomic E-state index is 12.7. The van der Waals surface area contributed by atoms with Crippen LogP contribution < -0.4 is 15.4 Å². The van der Waals surface area contributed by atoms with Crippen molar-refractivity contribution in [2.45, 2.75) is 0 Å². The summed E-state index contributed by atoms with van der Waals surface area (Å²) in [4.78, 5) is 12.7. The van der Waals surface area contributed by atoms with E-state index in [-0.39, 0.29) is 11.0 Å². The van der Waals surface area contributed by atoms with Crippen LogP contribution in [0.25, 0.3) is 10.8 Å². The number of methoxy groups -OCH3 is 1. The van der Waals surface area contributed by atoms with Crippen molar-refractivity contribution < 1.29 is 9.53 Å². The molecule has 132 valence electrons. The molecule has 3 aromatic rings. The summed E-state index contributed by atoms with van der Waals surface area (Å²) in [7, 11) is 1.54. The summed E-state index contributed by atoms with van der Waals surface area (Å²) in [6, 6.07) is 17.2. The number of nitrogens with one attached hydrogen (secondary N) is 2. The average Bonchev–Trinajstić information content (AvgIpc) is 2.62. The van der Waals surface area contributed by atoms with E-state index in [0.29, 0.717) is 11.3 Å². The number of thiocarbonyl (C=S) groups is 1. The first-order chi connectivity index (χ1) is 12.5. The molecule has 7 heteroatoms. The van der Waals surface area contributed by atoms with Crippen molar-refractivity contribution in [1.29, 1.82) is 0 Å². The Morgan fingerprint density at radius 2 is 1.81 bits per heavy atom. The molecule has 0 saturated carbocycles. The van der Waals surface area contributed by atoms with Crippen LogP contribution in [0.4, 0.5) is 5.69 Å². The zero-order valence-electron chi connectivity index (χ0n) is 13.7. The number of amides is 1. The lowest BCUT2D eigenvalue weighted by Gasteiger charge is -2.13. The van der Waals surface area contributed by atoms with Gasteiger partial charge in [0.2, 0.25) is 0 Å². The van der Waals surface area contributed by atoms with Gasteiger partial charge in [0.25, 0.3) is 5.91 Å². The zero-order chi connectivity index (χ0) is 18.7. The van der Waals surface area contributed by atoms with Crippen LogP contribution in [0.2, 0.25) is 0 Å². The van der Waals surface area contributed by atoms with Gasteiger partial charge in [-0.15, -0.1) is 0 Å². The van der Waals surface area contributed by atoms with Gasteiger partial charge in [-0.25, -0.2) is 0 Å². The highest BCUT2D eigenvalue weighted by Gasteiger charge is 2.15. The molecule has 2 N–H and O–H groups in total. The summed E-state index contributed by atoms with van der Waals surface area (Å²) >= 11 is 10.9. The lowest BCUT2D eigenvalue weighted by atomic mass is 10.1. The lowest BCUT2D eigenvalue weighted by Crippen LogP contribution is -2.34. The molecule has 1 amide bonds. The number of halogens is 2. The number of fused-ring (bicyclic) bond motifs is 1. The maximum atomic E-state index is 12.7. The molecule has 0 heterocycles. The van der Waals surface area contributed by atoms with E-state index < -0.39 is 0 Å². The quantitative estimate of drug-likeness (QED) is 0.348. The molecule has 0 spiro atoms. The largest absolute Gasteiger partial charge is 0.496 e. The van der Waals surface area contributed by atoms with Gasteiger partial charge in [0.05, 0.1) is 18.4 Å². The van der Waals surface area contributed by atoms with Gasteiger partial charge in [0.1, 0.15) is 5.75 Å². The maximum Gasteiger partial charge on any atom is 0.261 e. The van der Waals surface area contributed by atoms with E-state index in [1.807, 2.05) is 48.5 Å². The molecule has 0 radical (unpaired) electrons. The normalized spacial score (nSPS) is 10.4. The molecule has 0 fully saturated rings. The van der Waals surface area contributed by atoms with Gasteiger partial charge >= 0.3 is 0 Å². The molecule has 0 aliphatic heterocycles. The second-order valence-corrected chi connectivity index (χ2v) is 7.92. The van der Waals surface area contributed by atoms with Crippen LogP contribution in [-0.4, -0.2) is 18.1 Å². The van der Waals surface area contributed by atoms with Crippen LogP contribution in [0, 0.1) is 3.57 Å². The number of rotatable bonds is 3. The molecule has 0 aliphatic carbocycles. The molecule has 3 aromatic carbocycles. The molecular weight excluding hydrogens is 527 g/mol. The summed E-state index contributed by atoms with van der Waals surface area (Å²) in [5.41, 5.74) is 1.26. The topological polar surface area (TPSA) is 50.4 Å². The molecule has 0 atom stereocenters. The van der Waals surface area contributed by atoms with Crippen molar-refractivity contribution >= 4 is 78.2 Å². The molecule has 0 unspecified atom stereocenters. The number of carbonyl (C=O) groups excluding carboxylic acids is 1. The minimum absolute atomic E-state index is 0.227. The third-order valence-corrected chi connectivity index (χ3v) is 5.31. The van der Waals surface area contributed by atoms with Crippen LogP contribution in [0.15, 0.2) is 59.1 Å².